The van der Waals surface area contributed by atoms with Gasteiger partial charge in [-0.3, -0.25) is 9.35 Å². The number of carbonyl (C=O) groups is 1. The molecule has 1 aliphatic rings. The van der Waals surface area contributed by atoms with Gasteiger partial charge in [0.25, 0.3) is 0 Å². The molecule has 0 aromatic carbocycles. The lowest BCUT2D eigenvalue weighted by molar-refractivity contribution is -0.301. The molecule has 13 heteroatoms. The fraction of sp³-hybridized carbons (Fsp3) is 0.844. The van der Waals surface area contributed by atoms with Gasteiger partial charge in [-0.2, -0.15) is 8.42 Å². The van der Waals surface area contributed by atoms with Crippen molar-refractivity contribution in [3.05, 3.63) is 36.5 Å². The molecule has 1 heterocycles. The number of aliphatic hydroxyl groups excluding tert-OH is 3. The Balaban J connectivity index is 2.29. The quantitative estimate of drug-likeness (QED) is 0.0200. The third kappa shape index (κ3) is 30.4. The minimum Gasteiger partial charge on any atom is -0.457 e. The zero-order valence-corrected chi connectivity index (χ0v) is 36.9. The van der Waals surface area contributed by atoms with E-state index in [9.17, 15) is 28.5 Å². The molecule has 0 saturated carbocycles. The van der Waals surface area contributed by atoms with Gasteiger partial charge in [0.2, 0.25) is 0 Å². The molecule has 58 heavy (non-hydrogen) atoms. The van der Waals surface area contributed by atoms with Crippen LogP contribution in [-0.4, -0.2) is 97.5 Å². The van der Waals surface area contributed by atoms with Gasteiger partial charge in [-0.05, 0) is 51.4 Å². The lowest BCUT2D eigenvalue weighted by Gasteiger charge is -2.41. The number of ether oxygens (including phenoxy) is 4. The van der Waals surface area contributed by atoms with E-state index in [1.54, 1.807) is 0 Å². The summed E-state index contributed by atoms with van der Waals surface area (Å²) in [5, 5.41) is 30.5. The average Bonchev–Trinajstić information content (AvgIpc) is 3.19. The first-order valence-corrected chi connectivity index (χ1v) is 24.1. The number of carbonyl (C=O) groups excluding carboxylic acids is 1. The molecule has 0 aliphatic carbocycles. The largest absolute Gasteiger partial charge is 0.457 e. The maximum absolute atomic E-state index is 12.7. The molecule has 1 aliphatic heterocycles. The summed E-state index contributed by atoms with van der Waals surface area (Å²) in [7, 11) is -5.06. The van der Waals surface area contributed by atoms with Crippen LogP contribution in [0.5, 0.6) is 0 Å². The minimum atomic E-state index is -5.06. The van der Waals surface area contributed by atoms with Crippen molar-refractivity contribution in [2.45, 2.75) is 218 Å². The van der Waals surface area contributed by atoms with Crippen molar-refractivity contribution in [2.24, 2.45) is 0 Å². The fourth-order valence-corrected chi connectivity index (χ4v) is 7.30. The Morgan fingerprint density at radius 2 is 1.14 bits per heavy atom. The van der Waals surface area contributed by atoms with Crippen molar-refractivity contribution < 1.29 is 56.2 Å². The first-order valence-electron chi connectivity index (χ1n) is 22.7. The van der Waals surface area contributed by atoms with Crippen molar-refractivity contribution >= 4 is 16.4 Å². The van der Waals surface area contributed by atoms with E-state index in [1.807, 2.05) is 0 Å². The number of unbranched alkanes of at least 4 members (excludes halogenated alkanes) is 20. The summed E-state index contributed by atoms with van der Waals surface area (Å²) in [6.07, 6.45) is 33.6. The number of hydrogen-bond acceptors (Lipinski definition) is 11. The molecule has 6 atom stereocenters. The van der Waals surface area contributed by atoms with Crippen LogP contribution < -0.4 is 0 Å². The van der Waals surface area contributed by atoms with Crippen LogP contribution in [0.15, 0.2) is 36.5 Å². The summed E-state index contributed by atoms with van der Waals surface area (Å²) < 4.78 is 58.8. The number of aliphatic hydroxyl groups is 3. The van der Waals surface area contributed by atoms with Gasteiger partial charge in [-0.25, -0.2) is 4.18 Å². The molecule has 340 valence electrons. The number of allylic oxidation sites excluding steroid dienone is 6. The Morgan fingerprint density at radius 3 is 1.66 bits per heavy atom. The second kappa shape index (κ2) is 37.1. The lowest BCUT2D eigenvalue weighted by atomic mass is 9.99. The van der Waals surface area contributed by atoms with Crippen LogP contribution in [0.1, 0.15) is 181 Å². The van der Waals surface area contributed by atoms with Crippen molar-refractivity contribution in [1.82, 2.24) is 0 Å². The molecule has 4 N–H and O–H groups in total. The Labute approximate surface area is 352 Å². The molecular formula is C45H82O12S. The molecule has 1 rings (SSSR count). The van der Waals surface area contributed by atoms with Gasteiger partial charge in [0, 0.05) is 13.0 Å². The smallest absolute Gasteiger partial charge is 0.397 e. The molecule has 0 bridgehead atoms. The molecule has 0 amide bonds. The average molecular weight is 847 g/mol. The van der Waals surface area contributed by atoms with Crippen LogP contribution >= 0.6 is 0 Å². The van der Waals surface area contributed by atoms with E-state index >= 15 is 0 Å². The molecule has 0 aromatic rings. The van der Waals surface area contributed by atoms with Crippen LogP contribution in [0, 0.1) is 0 Å². The van der Waals surface area contributed by atoms with Gasteiger partial charge in [0.15, 0.2) is 6.29 Å². The topological polar surface area (TPSA) is 178 Å². The van der Waals surface area contributed by atoms with E-state index in [0.29, 0.717) is 13.0 Å². The van der Waals surface area contributed by atoms with Crippen molar-refractivity contribution in [3.8, 4) is 0 Å². The van der Waals surface area contributed by atoms with Crippen molar-refractivity contribution in [3.63, 3.8) is 0 Å². The molecule has 0 radical (unpaired) electrons. The van der Waals surface area contributed by atoms with E-state index in [-0.39, 0.29) is 19.6 Å². The number of esters is 1. The number of hydrogen-bond donors (Lipinski definition) is 4. The standard InChI is InChI=1S/C45H82O12S/c1-3-5-7-9-11-12-13-14-15-16-17-18-19-20-21-22-23-24-25-26-27-29-31-33-35-53-37-39(55-41(47)34-32-30-28-10-8-6-4-2)38-54-45-43(49)44(57-58(50,51)52)42(48)40(36-46)56-45/h13-14,16-17,19-20,39-40,42-46,48-49H,3-12,15,18,21-38H2,1-2H3,(H,50,51,52)/b14-13-,17-16-,20-19-. The van der Waals surface area contributed by atoms with Crippen LogP contribution in [-0.2, 0) is 38.3 Å². The summed E-state index contributed by atoms with van der Waals surface area (Å²) in [4.78, 5) is 12.7. The molecule has 12 nitrogen and oxygen atoms in total. The zero-order valence-electron chi connectivity index (χ0n) is 36.1. The van der Waals surface area contributed by atoms with Crippen molar-refractivity contribution in [2.75, 3.05) is 26.4 Å². The van der Waals surface area contributed by atoms with Crippen molar-refractivity contribution in [1.29, 1.82) is 0 Å². The summed E-state index contributed by atoms with van der Waals surface area (Å²) in [5.41, 5.74) is 0. The molecule has 6 unspecified atom stereocenters. The Morgan fingerprint density at radius 1 is 0.655 bits per heavy atom. The van der Waals surface area contributed by atoms with E-state index in [1.165, 1.54) is 96.3 Å². The predicted molar refractivity (Wildman–Crippen MR) is 230 cm³/mol. The highest BCUT2D eigenvalue weighted by Crippen LogP contribution is 2.26. The molecule has 0 spiro atoms. The first kappa shape index (κ1) is 54.3. The SMILES string of the molecule is CCCCCCC/C=C\C/C=C\C/C=C\CCCCCCCCCCCOCC(COC1OC(CO)C(O)C(OS(=O)(=O)O)C1O)OC(=O)CCCCCCCCC. The summed E-state index contributed by atoms with van der Waals surface area (Å²) >= 11 is 0. The summed E-state index contributed by atoms with van der Waals surface area (Å²) in [5.74, 6) is -0.408. The van der Waals surface area contributed by atoms with Gasteiger partial charge in [0.1, 0.15) is 30.5 Å². The van der Waals surface area contributed by atoms with Crippen LogP contribution in [0.2, 0.25) is 0 Å². The first-order chi connectivity index (χ1) is 28.1. The van der Waals surface area contributed by atoms with Crippen LogP contribution in [0.3, 0.4) is 0 Å². The molecular weight excluding hydrogens is 765 g/mol. The highest BCUT2D eigenvalue weighted by atomic mass is 32.3. The highest BCUT2D eigenvalue weighted by molar-refractivity contribution is 7.80. The van der Waals surface area contributed by atoms with E-state index in [2.05, 4.69) is 54.5 Å². The van der Waals surface area contributed by atoms with E-state index in [0.717, 1.165) is 57.8 Å². The molecule has 0 aromatic heterocycles. The lowest BCUT2D eigenvalue weighted by Crippen LogP contribution is -2.60. The summed E-state index contributed by atoms with van der Waals surface area (Å²) in [6.45, 7) is 3.91. The third-order valence-electron chi connectivity index (χ3n) is 10.3. The maximum Gasteiger partial charge on any atom is 0.397 e. The van der Waals surface area contributed by atoms with Gasteiger partial charge < -0.3 is 34.3 Å². The van der Waals surface area contributed by atoms with Gasteiger partial charge in [-0.15, -0.1) is 0 Å². The van der Waals surface area contributed by atoms with Gasteiger partial charge in [0.05, 0.1) is 19.8 Å². The summed E-state index contributed by atoms with van der Waals surface area (Å²) in [6, 6.07) is 0. The normalized spacial score (nSPS) is 20.8. The highest BCUT2D eigenvalue weighted by Gasteiger charge is 2.48. The van der Waals surface area contributed by atoms with Gasteiger partial charge >= 0.3 is 16.4 Å². The van der Waals surface area contributed by atoms with Crippen LogP contribution in [0.4, 0.5) is 0 Å². The Kier molecular flexibility index (Phi) is 34.8. The predicted octanol–water partition coefficient (Wildman–Crippen LogP) is 9.41. The minimum absolute atomic E-state index is 0.0332. The Bertz CT molecular complexity index is 1160. The molecule has 1 fully saturated rings. The van der Waals surface area contributed by atoms with E-state index in [4.69, 9.17) is 23.5 Å². The number of rotatable bonds is 39. The van der Waals surface area contributed by atoms with E-state index < -0.39 is 59.8 Å². The van der Waals surface area contributed by atoms with Crippen LogP contribution in [0.25, 0.3) is 0 Å². The second-order valence-corrected chi connectivity index (χ2v) is 16.7. The van der Waals surface area contributed by atoms with Gasteiger partial charge in [-0.1, -0.05) is 159 Å². The molecule has 1 saturated heterocycles. The Hall–Kier alpha value is -1.68. The fourth-order valence-electron chi connectivity index (χ4n) is 6.80. The monoisotopic (exact) mass is 847 g/mol. The zero-order chi connectivity index (χ0) is 42.5. The second-order valence-electron chi connectivity index (χ2n) is 15.6. The maximum atomic E-state index is 12.7. The third-order valence-corrected chi connectivity index (χ3v) is 10.7.